The van der Waals surface area contributed by atoms with Gasteiger partial charge in [-0.05, 0) is 0 Å². The Labute approximate surface area is 77.3 Å². The quantitative estimate of drug-likeness (QED) is 0.600. The molecule has 0 saturated heterocycles. The molecule has 1 aromatic carbocycles. The minimum atomic E-state index is -0.887. The normalized spacial score (nSPS) is 9.45. The first-order chi connectivity index (χ1) is 5.43. The Hall–Kier alpha value is -0.190. The summed E-state index contributed by atoms with van der Waals surface area (Å²) in [7, 11) is 0. The summed E-state index contributed by atoms with van der Waals surface area (Å²) in [5.41, 5.74) is 1.36. The van der Waals surface area contributed by atoms with Gasteiger partial charge in [-0.1, -0.05) is 0 Å². The number of benzene rings is 1. The van der Waals surface area contributed by atoms with Crippen LogP contribution in [-0.2, 0) is 9.53 Å². The fourth-order valence-corrected chi connectivity index (χ4v) is 1.73. The second kappa shape index (κ2) is 5.46. The van der Waals surface area contributed by atoms with E-state index in [2.05, 4.69) is 12.1 Å². The van der Waals surface area contributed by atoms with Crippen LogP contribution in [0.4, 0.5) is 0 Å². The zero-order chi connectivity index (χ0) is 7.94. The van der Waals surface area contributed by atoms with Gasteiger partial charge in [-0.15, -0.1) is 0 Å². The molecular weight excluding hydrogens is 252 g/mol. The van der Waals surface area contributed by atoms with Gasteiger partial charge in [-0.2, -0.15) is 0 Å². The molecule has 1 nitrogen and oxygen atoms in total. The summed E-state index contributed by atoms with van der Waals surface area (Å²) in [5.74, 6) is 0. The summed E-state index contributed by atoms with van der Waals surface area (Å²) in [6.07, 6.45) is 2.16. The molecule has 0 aliphatic rings. The Morgan fingerprint density at radius 3 is 2.55 bits per heavy atom. The molecule has 0 N–H and O–H groups in total. The van der Waals surface area contributed by atoms with E-state index in [1.54, 1.807) is 0 Å². The summed E-state index contributed by atoms with van der Waals surface area (Å²) in [6, 6.07) is 10.3. The summed E-state index contributed by atoms with van der Waals surface area (Å²) in [6.45, 7) is 0. The molecular formula is C9H11OTe. The summed E-state index contributed by atoms with van der Waals surface area (Å²) < 4.78 is 11.2. The van der Waals surface area contributed by atoms with Crippen molar-refractivity contribution >= 4 is 20.9 Å². The van der Waals surface area contributed by atoms with Crippen molar-refractivity contribution in [1.82, 2.24) is 0 Å². The molecule has 0 fully saturated rings. The molecule has 0 aromatic heterocycles. The molecule has 0 aliphatic heterocycles. The number of aryl methyl sites for hydroxylation is 1. The predicted molar refractivity (Wildman–Crippen MR) is 46.0 cm³/mol. The Bertz CT molecular complexity index is 208. The van der Waals surface area contributed by atoms with E-state index in [9.17, 15) is 3.10 Å². The van der Waals surface area contributed by atoms with Crippen molar-refractivity contribution in [3.05, 3.63) is 35.9 Å². The maximum absolute atomic E-state index is 10.3. The van der Waals surface area contributed by atoms with Crippen LogP contribution < -0.4 is 0 Å². The Morgan fingerprint density at radius 2 is 1.91 bits per heavy atom. The van der Waals surface area contributed by atoms with Crippen LogP contribution in [-0.4, -0.2) is 20.9 Å². The van der Waals surface area contributed by atoms with Crippen LogP contribution in [0.2, 0.25) is 4.47 Å². The predicted octanol–water partition coefficient (Wildman–Crippen LogP) is 2.09. The van der Waals surface area contributed by atoms with Crippen molar-refractivity contribution in [2.24, 2.45) is 0 Å². The fourth-order valence-electron chi connectivity index (χ4n) is 0.980. The van der Waals surface area contributed by atoms with Gasteiger partial charge >= 0.3 is 77.2 Å². The van der Waals surface area contributed by atoms with E-state index >= 15 is 0 Å². The van der Waals surface area contributed by atoms with E-state index in [0.29, 0.717) is 0 Å². The van der Waals surface area contributed by atoms with E-state index < -0.39 is 20.9 Å². The molecule has 0 bridgehead atoms. The third kappa shape index (κ3) is 3.65. The fraction of sp³-hybridized carbons (Fsp3) is 0.333. The second-order valence-corrected chi connectivity index (χ2v) is 4.25. The minimum absolute atomic E-state index is 0.887. The van der Waals surface area contributed by atoms with Crippen molar-refractivity contribution in [2.45, 2.75) is 17.3 Å². The molecule has 59 valence electrons. The monoisotopic (exact) mass is 265 g/mol. The van der Waals surface area contributed by atoms with E-state index in [-0.39, 0.29) is 0 Å². The van der Waals surface area contributed by atoms with Crippen LogP contribution in [0.5, 0.6) is 0 Å². The van der Waals surface area contributed by atoms with Crippen LogP contribution in [0.3, 0.4) is 0 Å². The molecule has 11 heavy (non-hydrogen) atoms. The van der Waals surface area contributed by atoms with Gasteiger partial charge in [0.25, 0.3) is 0 Å². The number of rotatable bonds is 4. The van der Waals surface area contributed by atoms with E-state index in [4.69, 9.17) is 0 Å². The molecule has 0 heterocycles. The zero-order valence-electron chi connectivity index (χ0n) is 6.32. The van der Waals surface area contributed by atoms with Crippen LogP contribution in [0, 0.1) is 0 Å². The van der Waals surface area contributed by atoms with Gasteiger partial charge in [-0.3, -0.25) is 0 Å². The molecule has 0 amide bonds. The Morgan fingerprint density at radius 1 is 1.18 bits per heavy atom. The molecule has 0 saturated carbocycles. The average Bonchev–Trinajstić information content (AvgIpc) is 2.07. The molecule has 0 unspecified atom stereocenters. The van der Waals surface area contributed by atoms with Crippen molar-refractivity contribution in [1.29, 1.82) is 0 Å². The van der Waals surface area contributed by atoms with E-state index in [1.165, 1.54) is 5.56 Å². The molecule has 1 aromatic rings. The first-order valence-corrected chi connectivity index (χ1v) is 6.32. The van der Waals surface area contributed by atoms with Crippen molar-refractivity contribution in [3.8, 4) is 0 Å². The summed E-state index contributed by atoms with van der Waals surface area (Å²) in [4.78, 5) is 0. The maximum atomic E-state index is 10.3. The standard InChI is InChI=1S/C9H11OTe/c10-11-8-4-7-9-5-2-1-3-6-9/h1-3,5-6H,4,7-8H2. The molecule has 1 radical (unpaired) electrons. The molecule has 0 spiro atoms. The molecule has 0 aliphatic carbocycles. The van der Waals surface area contributed by atoms with Gasteiger partial charge < -0.3 is 0 Å². The first-order valence-electron chi connectivity index (χ1n) is 3.72. The van der Waals surface area contributed by atoms with Crippen LogP contribution in [0.1, 0.15) is 12.0 Å². The Kier molecular flexibility index (Phi) is 4.42. The summed E-state index contributed by atoms with van der Waals surface area (Å²) >= 11 is -0.887. The number of hydrogen-bond acceptors (Lipinski definition) is 1. The second-order valence-electron chi connectivity index (χ2n) is 2.41. The topological polar surface area (TPSA) is 17.1 Å². The number of hydrogen-bond donors (Lipinski definition) is 0. The van der Waals surface area contributed by atoms with Crippen LogP contribution in [0.15, 0.2) is 30.3 Å². The van der Waals surface area contributed by atoms with E-state index in [0.717, 1.165) is 17.3 Å². The third-order valence-electron chi connectivity index (χ3n) is 1.54. The van der Waals surface area contributed by atoms with Crippen molar-refractivity contribution in [3.63, 3.8) is 0 Å². The molecule has 2 heteroatoms. The molecule has 1 rings (SSSR count). The third-order valence-corrected chi connectivity index (χ3v) is 2.84. The van der Waals surface area contributed by atoms with Gasteiger partial charge in [0.1, 0.15) is 0 Å². The Balaban J connectivity index is 2.33. The van der Waals surface area contributed by atoms with Gasteiger partial charge in [0.05, 0.1) is 0 Å². The molecule has 0 atom stereocenters. The van der Waals surface area contributed by atoms with Gasteiger partial charge in [0, 0.05) is 0 Å². The van der Waals surface area contributed by atoms with Crippen LogP contribution >= 0.6 is 0 Å². The first kappa shape index (κ1) is 8.90. The SMILES string of the molecule is O=[Te]CCCc1ccccc1. The van der Waals surface area contributed by atoms with Crippen molar-refractivity contribution in [2.75, 3.05) is 0 Å². The van der Waals surface area contributed by atoms with Crippen molar-refractivity contribution < 1.29 is 3.10 Å². The van der Waals surface area contributed by atoms with Gasteiger partial charge in [0.2, 0.25) is 0 Å². The zero-order valence-corrected chi connectivity index (χ0v) is 8.65. The average molecular weight is 263 g/mol. The summed E-state index contributed by atoms with van der Waals surface area (Å²) in [5, 5.41) is 0. The van der Waals surface area contributed by atoms with Crippen LogP contribution in [0.25, 0.3) is 0 Å². The van der Waals surface area contributed by atoms with Gasteiger partial charge in [-0.25, -0.2) is 0 Å². The van der Waals surface area contributed by atoms with Gasteiger partial charge in [0.15, 0.2) is 0 Å². The van der Waals surface area contributed by atoms with E-state index in [1.807, 2.05) is 18.2 Å².